The Labute approximate surface area is 181 Å². The van der Waals surface area contributed by atoms with Crippen LogP contribution in [-0.2, 0) is 0 Å². The normalized spacial score (nSPS) is 17.2. The van der Waals surface area contributed by atoms with E-state index in [9.17, 15) is 9.59 Å². The van der Waals surface area contributed by atoms with Crippen molar-refractivity contribution in [2.24, 2.45) is 0 Å². The van der Waals surface area contributed by atoms with Gasteiger partial charge in [-0.05, 0) is 37.1 Å². The molecule has 12 nitrogen and oxygen atoms in total. The first kappa shape index (κ1) is 26.1. The number of benzene rings is 2. The summed E-state index contributed by atoms with van der Waals surface area (Å²) >= 11 is 0. The van der Waals surface area contributed by atoms with Gasteiger partial charge in [0.2, 0.25) is 0 Å². The molecule has 0 radical (unpaired) electrons. The van der Waals surface area contributed by atoms with Crippen molar-refractivity contribution < 1.29 is 60.7 Å². The van der Waals surface area contributed by atoms with E-state index in [1.807, 2.05) is 0 Å². The van der Waals surface area contributed by atoms with Gasteiger partial charge in [-0.3, -0.25) is 0 Å². The number of hydrogen-bond acceptors (Lipinski definition) is 10. The second-order valence-electron chi connectivity index (χ2n) is 6.76. The van der Waals surface area contributed by atoms with Gasteiger partial charge < -0.3 is 51.1 Å². The molecule has 176 valence electrons. The van der Waals surface area contributed by atoms with Crippen molar-refractivity contribution in [2.75, 3.05) is 0 Å². The zero-order valence-electron chi connectivity index (χ0n) is 16.6. The van der Waals surface area contributed by atoms with Crippen LogP contribution in [0, 0.1) is 0 Å². The highest BCUT2D eigenvalue weighted by molar-refractivity contribution is 5.89. The Hall–Kier alpha value is -3.90. The fourth-order valence-corrected chi connectivity index (χ4v) is 2.55. The number of aromatic hydroxyl groups is 6. The van der Waals surface area contributed by atoms with Crippen molar-refractivity contribution >= 4 is 11.9 Å². The third-order valence-electron chi connectivity index (χ3n) is 4.33. The Morgan fingerprint density at radius 3 is 1.03 bits per heavy atom. The van der Waals surface area contributed by atoms with Gasteiger partial charge >= 0.3 is 11.9 Å². The van der Waals surface area contributed by atoms with E-state index in [0.29, 0.717) is 0 Å². The zero-order chi connectivity index (χ0) is 24.6. The second kappa shape index (κ2) is 11.5. The molecular weight excluding hydrogens is 432 g/mol. The minimum Gasteiger partial charge on any atom is -0.504 e. The Morgan fingerprint density at radius 2 is 0.844 bits per heavy atom. The Balaban J connectivity index is 0.000000245. The molecule has 0 unspecified atom stereocenters. The van der Waals surface area contributed by atoms with Crippen LogP contribution in [-0.4, -0.2) is 75.2 Å². The predicted octanol–water partition coefficient (Wildman–Crippen LogP) is 1.29. The first-order chi connectivity index (χ1) is 14.8. The number of aliphatic hydroxyl groups excluding tert-OH is 2. The van der Waals surface area contributed by atoms with Crippen LogP contribution in [0.4, 0.5) is 0 Å². The second-order valence-corrected chi connectivity index (χ2v) is 6.76. The number of aliphatic hydroxyl groups is 2. The van der Waals surface area contributed by atoms with E-state index < -0.39 is 58.6 Å². The lowest BCUT2D eigenvalue weighted by molar-refractivity contribution is -0.00865. The molecule has 0 spiro atoms. The van der Waals surface area contributed by atoms with Crippen LogP contribution in [0.5, 0.6) is 34.5 Å². The number of carboxylic acids is 2. The summed E-state index contributed by atoms with van der Waals surface area (Å²) in [5, 5.41) is 87.8. The minimum atomic E-state index is -1.29. The maximum Gasteiger partial charge on any atom is 0.335 e. The molecule has 2 aromatic carbocycles. The number of hydrogen-bond donors (Lipinski definition) is 10. The number of phenols is 6. The molecule has 12 heteroatoms. The average molecular weight is 456 g/mol. The maximum absolute atomic E-state index is 10.3. The van der Waals surface area contributed by atoms with E-state index in [1.165, 1.54) is 0 Å². The van der Waals surface area contributed by atoms with Gasteiger partial charge in [0.25, 0.3) is 0 Å². The summed E-state index contributed by atoms with van der Waals surface area (Å²) in [5.74, 6) is -6.67. The van der Waals surface area contributed by atoms with Gasteiger partial charge in [0.15, 0.2) is 34.5 Å². The van der Waals surface area contributed by atoms with Crippen LogP contribution in [0.2, 0.25) is 0 Å². The lowest BCUT2D eigenvalue weighted by Gasteiger charge is -2.22. The summed E-state index contributed by atoms with van der Waals surface area (Å²) in [4.78, 5) is 20.6. The van der Waals surface area contributed by atoms with Crippen molar-refractivity contribution in [1.29, 1.82) is 0 Å². The lowest BCUT2D eigenvalue weighted by Crippen LogP contribution is -2.28. The first-order valence-electron chi connectivity index (χ1n) is 9.17. The summed E-state index contributed by atoms with van der Waals surface area (Å²) in [6.45, 7) is 0. The summed E-state index contributed by atoms with van der Waals surface area (Å²) in [7, 11) is 0. The third-order valence-corrected chi connectivity index (χ3v) is 4.33. The van der Waals surface area contributed by atoms with E-state index >= 15 is 0 Å². The molecule has 1 aliphatic rings. The third kappa shape index (κ3) is 7.41. The molecule has 0 bridgehead atoms. The van der Waals surface area contributed by atoms with Crippen molar-refractivity contribution in [2.45, 2.75) is 37.9 Å². The van der Waals surface area contributed by atoms with Crippen LogP contribution in [0.1, 0.15) is 46.4 Å². The molecule has 2 atom stereocenters. The highest BCUT2D eigenvalue weighted by Crippen LogP contribution is 2.36. The van der Waals surface area contributed by atoms with Crippen molar-refractivity contribution in [3.8, 4) is 34.5 Å². The molecule has 1 saturated carbocycles. The molecule has 0 saturated heterocycles. The average Bonchev–Trinajstić information content (AvgIpc) is 2.72. The van der Waals surface area contributed by atoms with Crippen LogP contribution in [0.15, 0.2) is 24.3 Å². The Morgan fingerprint density at radius 1 is 0.594 bits per heavy atom. The highest BCUT2D eigenvalue weighted by atomic mass is 16.4. The van der Waals surface area contributed by atoms with Crippen LogP contribution < -0.4 is 0 Å². The maximum atomic E-state index is 10.3. The topological polar surface area (TPSA) is 236 Å². The molecule has 32 heavy (non-hydrogen) atoms. The van der Waals surface area contributed by atoms with Gasteiger partial charge in [0, 0.05) is 0 Å². The van der Waals surface area contributed by atoms with Crippen LogP contribution in [0.25, 0.3) is 0 Å². The summed E-state index contributed by atoms with van der Waals surface area (Å²) in [6, 6.07) is 3.38. The molecule has 3 rings (SSSR count). The van der Waals surface area contributed by atoms with Crippen LogP contribution in [0.3, 0.4) is 0 Å². The SMILES string of the molecule is O=C(O)c1cc(O)c(O)c(O)c1.O=C(O)c1cc(O)c(O)c(O)c1.O[C@@H]1CCCC[C@H]1O. The Kier molecular flexibility index (Phi) is 9.38. The summed E-state index contributed by atoms with van der Waals surface area (Å²) in [6.07, 6.45) is 2.81. The van der Waals surface area contributed by atoms with E-state index in [4.69, 9.17) is 51.1 Å². The monoisotopic (exact) mass is 456 g/mol. The largest absolute Gasteiger partial charge is 0.504 e. The highest BCUT2D eigenvalue weighted by Gasteiger charge is 2.19. The fourth-order valence-electron chi connectivity index (χ4n) is 2.55. The van der Waals surface area contributed by atoms with Gasteiger partial charge in [0.05, 0.1) is 23.3 Å². The van der Waals surface area contributed by atoms with Crippen LogP contribution >= 0.6 is 0 Å². The number of rotatable bonds is 2. The van der Waals surface area contributed by atoms with Gasteiger partial charge in [-0.15, -0.1) is 0 Å². The van der Waals surface area contributed by atoms with E-state index in [1.54, 1.807) is 0 Å². The molecule has 10 N–H and O–H groups in total. The smallest absolute Gasteiger partial charge is 0.335 e. The van der Waals surface area contributed by atoms with Crippen molar-refractivity contribution in [3.05, 3.63) is 35.4 Å². The van der Waals surface area contributed by atoms with Gasteiger partial charge in [-0.25, -0.2) is 9.59 Å². The molecule has 0 heterocycles. The standard InChI is InChI=1S/2C7H6O5.C6H12O2/c2*8-4-1-3(7(11)12)2-5(9)6(4)10;7-5-3-1-2-4-6(5)8/h2*1-2,8-10H,(H,11,12);5-8H,1-4H2/t;;5-,6-/m..1/s1. The van der Waals surface area contributed by atoms with Gasteiger partial charge in [-0.1, -0.05) is 12.8 Å². The quantitative estimate of drug-likeness (QED) is 0.288. The van der Waals surface area contributed by atoms with E-state index in [-0.39, 0.29) is 11.1 Å². The zero-order valence-corrected chi connectivity index (χ0v) is 16.6. The summed E-state index contributed by atoms with van der Waals surface area (Å²) < 4.78 is 0. The van der Waals surface area contributed by atoms with Crippen molar-refractivity contribution in [1.82, 2.24) is 0 Å². The first-order valence-corrected chi connectivity index (χ1v) is 9.17. The lowest BCUT2D eigenvalue weighted by atomic mass is 9.95. The fraction of sp³-hybridized carbons (Fsp3) is 0.300. The Bertz CT molecular complexity index is 832. The number of carbonyl (C=O) groups is 2. The number of phenolic OH excluding ortho intramolecular Hbond substituents is 6. The minimum absolute atomic E-state index is 0.289. The molecule has 0 aliphatic heterocycles. The molecule has 2 aromatic rings. The molecule has 1 fully saturated rings. The van der Waals surface area contributed by atoms with E-state index in [0.717, 1.165) is 49.9 Å². The van der Waals surface area contributed by atoms with Gasteiger partial charge in [-0.2, -0.15) is 0 Å². The molecule has 0 aromatic heterocycles. The van der Waals surface area contributed by atoms with E-state index in [2.05, 4.69) is 0 Å². The molecule has 0 amide bonds. The summed E-state index contributed by atoms with van der Waals surface area (Å²) in [5.41, 5.74) is -0.578. The molecule has 1 aliphatic carbocycles. The number of aromatic carboxylic acids is 2. The van der Waals surface area contributed by atoms with Crippen molar-refractivity contribution in [3.63, 3.8) is 0 Å². The number of carboxylic acid groups (broad SMARTS) is 2. The van der Waals surface area contributed by atoms with Gasteiger partial charge in [0.1, 0.15) is 0 Å². The predicted molar refractivity (Wildman–Crippen MR) is 107 cm³/mol. The molecular formula is C20H24O12.